The number of rotatable bonds is 9. The van der Waals surface area contributed by atoms with Crippen LogP contribution in [0.4, 0.5) is 5.69 Å². The lowest BCUT2D eigenvalue weighted by Gasteiger charge is -2.12. The fourth-order valence-electron chi connectivity index (χ4n) is 3.06. The summed E-state index contributed by atoms with van der Waals surface area (Å²) in [4.78, 5) is 12.6. The molecule has 0 aliphatic rings. The molecule has 0 unspecified atom stereocenters. The quantitative estimate of drug-likeness (QED) is 0.394. The molecule has 0 saturated carbocycles. The second kappa shape index (κ2) is 10.9. The van der Waals surface area contributed by atoms with Crippen molar-refractivity contribution >= 4 is 45.0 Å². The maximum atomic E-state index is 12.9. The Bertz CT molecular complexity index is 1200. The van der Waals surface area contributed by atoms with E-state index in [9.17, 15) is 13.2 Å². The van der Waals surface area contributed by atoms with Gasteiger partial charge in [-0.25, -0.2) is 8.42 Å². The molecule has 3 aromatic rings. The molecule has 0 aromatic heterocycles. The van der Waals surface area contributed by atoms with Crippen molar-refractivity contribution in [1.82, 2.24) is 5.32 Å². The third-order valence-electron chi connectivity index (χ3n) is 4.72. The van der Waals surface area contributed by atoms with Gasteiger partial charge in [-0.15, -0.1) is 0 Å². The molecular formula is C24H25ClN2O3S2. The number of carbonyl (C=O) groups is 1. The summed E-state index contributed by atoms with van der Waals surface area (Å²) < 4.78 is 28.4. The van der Waals surface area contributed by atoms with Crippen LogP contribution in [-0.4, -0.2) is 26.6 Å². The second-order valence-electron chi connectivity index (χ2n) is 7.39. The van der Waals surface area contributed by atoms with Crippen LogP contribution in [-0.2, 0) is 15.8 Å². The van der Waals surface area contributed by atoms with Gasteiger partial charge in [0.1, 0.15) is 0 Å². The Kier molecular flexibility index (Phi) is 8.23. The minimum absolute atomic E-state index is 0.0868. The van der Waals surface area contributed by atoms with Crippen LogP contribution in [0.15, 0.2) is 71.6 Å². The number of hydrogen-bond acceptors (Lipinski definition) is 4. The summed E-state index contributed by atoms with van der Waals surface area (Å²) in [5, 5.41) is 3.56. The Balaban J connectivity index is 1.59. The van der Waals surface area contributed by atoms with Crippen LogP contribution in [0, 0.1) is 13.8 Å². The highest BCUT2D eigenvalue weighted by Crippen LogP contribution is 2.21. The molecule has 0 bridgehead atoms. The summed E-state index contributed by atoms with van der Waals surface area (Å²) in [5.41, 5.74) is 3.48. The third kappa shape index (κ3) is 6.76. The molecule has 0 fully saturated rings. The normalized spacial score (nSPS) is 11.2. The molecule has 0 saturated heterocycles. The highest BCUT2D eigenvalue weighted by molar-refractivity contribution is 7.98. The van der Waals surface area contributed by atoms with Crippen LogP contribution in [0.2, 0.25) is 5.02 Å². The first-order valence-electron chi connectivity index (χ1n) is 10.0. The monoisotopic (exact) mass is 488 g/mol. The average Bonchev–Trinajstić information content (AvgIpc) is 2.74. The maximum Gasteiger partial charge on any atom is 0.262 e. The van der Waals surface area contributed by atoms with Gasteiger partial charge in [0.05, 0.1) is 4.90 Å². The molecule has 0 aliphatic heterocycles. The minimum Gasteiger partial charge on any atom is -0.351 e. The first kappa shape index (κ1) is 24.2. The predicted octanol–water partition coefficient (Wildman–Crippen LogP) is 5.42. The fourth-order valence-corrected chi connectivity index (χ4v) is 5.33. The van der Waals surface area contributed by atoms with Crippen LogP contribution in [0.25, 0.3) is 0 Å². The van der Waals surface area contributed by atoms with Crippen molar-refractivity contribution < 1.29 is 13.2 Å². The van der Waals surface area contributed by atoms with Crippen LogP contribution >= 0.6 is 23.4 Å². The van der Waals surface area contributed by atoms with Crippen molar-refractivity contribution in [3.05, 3.63) is 94.0 Å². The van der Waals surface area contributed by atoms with Gasteiger partial charge in [-0.05, 0) is 66.9 Å². The number of nitrogens with one attached hydrogen (secondary N) is 2. The third-order valence-corrected chi connectivity index (χ3v) is 7.53. The summed E-state index contributed by atoms with van der Waals surface area (Å²) in [6.45, 7) is 4.08. The Morgan fingerprint density at radius 3 is 2.47 bits per heavy atom. The zero-order valence-electron chi connectivity index (χ0n) is 17.9. The first-order valence-corrected chi connectivity index (χ1v) is 13.1. The number of amides is 1. The Morgan fingerprint density at radius 2 is 1.75 bits per heavy atom. The molecule has 2 N–H and O–H groups in total. The molecule has 5 nitrogen and oxygen atoms in total. The molecule has 0 aliphatic carbocycles. The lowest BCUT2D eigenvalue weighted by molar-refractivity contribution is 0.0956. The standard InChI is InChI=1S/C24H25ClN2O3S2/c1-17-4-3-5-22(14-17)27-32(29,30)23-15-20(9-6-18(23)2)24(28)26-12-13-31-16-19-7-10-21(25)11-8-19/h3-11,14-15,27H,12-13,16H2,1-2H3,(H,26,28). The zero-order valence-corrected chi connectivity index (χ0v) is 20.3. The highest BCUT2D eigenvalue weighted by atomic mass is 35.5. The Hall–Kier alpha value is -2.48. The number of carbonyl (C=O) groups excluding carboxylic acids is 1. The fraction of sp³-hybridized carbons (Fsp3) is 0.208. The molecule has 1 amide bonds. The predicted molar refractivity (Wildman–Crippen MR) is 133 cm³/mol. The van der Waals surface area contributed by atoms with E-state index in [0.29, 0.717) is 28.4 Å². The molecule has 0 radical (unpaired) electrons. The highest BCUT2D eigenvalue weighted by Gasteiger charge is 2.19. The number of halogens is 1. The molecule has 8 heteroatoms. The molecule has 0 atom stereocenters. The molecule has 168 valence electrons. The van der Waals surface area contributed by atoms with E-state index in [0.717, 1.165) is 17.1 Å². The van der Waals surface area contributed by atoms with Gasteiger partial charge in [0.2, 0.25) is 0 Å². The van der Waals surface area contributed by atoms with Gasteiger partial charge in [0.25, 0.3) is 15.9 Å². The van der Waals surface area contributed by atoms with Crippen molar-refractivity contribution in [2.75, 3.05) is 17.0 Å². The molecule has 0 heterocycles. The van der Waals surface area contributed by atoms with Gasteiger partial charge in [0.15, 0.2) is 0 Å². The summed E-state index contributed by atoms with van der Waals surface area (Å²) in [5.74, 6) is 1.26. The minimum atomic E-state index is -3.82. The van der Waals surface area contributed by atoms with Gasteiger partial charge >= 0.3 is 0 Å². The molecule has 3 aromatic carbocycles. The van der Waals surface area contributed by atoms with E-state index in [2.05, 4.69) is 10.0 Å². The van der Waals surface area contributed by atoms with Crippen molar-refractivity contribution in [3.8, 4) is 0 Å². The van der Waals surface area contributed by atoms with E-state index in [-0.39, 0.29) is 10.8 Å². The van der Waals surface area contributed by atoms with Gasteiger partial charge in [0, 0.05) is 34.3 Å². The number of thioether (sulfide) groups is 1. The number of aryl methyl sites for hydroxylation is 2. The summed E-state index contributed by atoms with van der Waals surface area (Å²) in [7, 11) is -3.82. The van der Waals surface area contributed by atoms with Gasteiger partial charge in [-0.2, -0.15) is 11.8 Å². The van der Waals surface area contributed by atoms with Crippen molar-refractivity contribution in [2.24, 2.45) is 0 Å². The van der Waals surface area contributed by atoms with Gasteiger partial charge in [-0.1, -0.05) is 41.9 Å². The first-order chi connectivity index (χ1) is 15.2. The number of sulfonamides is 1. The van der Waals surface area contributed by atoms with E-state index >= 15 is 0 Å². The maximum absolute atomic E-state index is 12.9. The van der Waals surface area contributed by atoms with Crippen LogP contribution in [0.1, 0.15) is 27.0 Å². The molecule has 0 spiro atoms. The largest absolute Gasteiger partial charge is 0.351 e. The van der Waals surface area contributed by atoms with E-state index < -0.39 is 10.0 Å². The van der Waals surface area contributed by atoms with Crippen molar-refractivity contribution in [1.29, 1.82) is 0 Å². The Morgan fingerprint density at radius 1 is 1.00 bits per heavy atom. The van der Waals surface area contributed by atoms with E-state index in [4.69, 9.17) is 11.6 Å². The van der Waals surface area contributed by atoms with E-state index in [1.54, 1.807) is 49.0 Å². The van der Waals surface area contributed by atoms with Gasteiger partial charge in [-0.3, -0.25) is 9.52 Å². The van der Waals surface area contributed by atoms with Crippen LogP contribution < -0.4 is 10.0 Å². The number of anilines is 1. The van der Waals surface area contributed by atoms with E-state index in [1.807, 2.05) is 37.3 Å². The van der Waals surface area contributed by atoms with Gasteiger partial charge < -0.3 is 5.32 Å². The summed E-state index contributed by atoms with van der Waals surface area (Å²) in [6, 6.07) is 19.5. The number of benzene rings is 3. The lowest BCUT2D eigenvalue weighted by atomic mass is 10.1. The molecular weight excluding hydrogens is 464 g/mol. The second-order valence-corrected chi connectivity index (χ2v) is 10.6. The van der Waals surface area contributed by atoms with E-state index in [1.165, 1.54) is 11.6 Å². The summed E-state index contributed by atoms with van der Waals surface area (Å²) >= 11 is 7.59. The zero-order chi connectivity index (χ0) is 23.1. The topological polar surface area (TPSA) is 75.3 Å². The lowest BCUT2D eigenvalue weighted by Crippen LogP contribution is -2.26. The number of hydrogen-bond donors (Lipinski definition) is 2. The molecule has 3 rings (SSSR count). The SMILES string of the molecule is Cc1cccc(NS(=O)(=O)c2cc(C(=O)NCCSCc3ccc(Cl)cc3)ccc2C)c1. The van der Waals surface area contributed by atoms with Crippen LogP contribution in [0.5, 0.6) is 0 Å². The van der Waals surface area contributed by atoms with Crippen molar-refractivity contribution in [3.63, 3.8) is 0 Å². The summed E-state index contributed by atoms with van der Waals surface area (Å²) in [6.07, 6.45) is 0. The molecule has 32 heavy (non-hydrogen) atoms. The average molecular weight is 489 g/mol. The van der Waals surface area contributed by atoms with Crippen LogP contribution in [0.3, 0.4) is 0 Å². The van der Waals surface area contributed by atoms with Crippen molar-refractivity contribution in [2.45, 2.75) is 24.5 Å². The Labute approximate surface area is 198 Å². The smallest absolute Gasteiger partial charge is 0.262 e.